The summed E-state index contributed by atoms with van der Waals surface area (Å²) in [6, 6.07) is 9.75. The van der Waals surface area contributed by atoms with Gasteiger partial charge < -0.3 is 8.97 Å². The molecular formula is C22H18FN5O3S2. The van der Waals surface area contributed by atoms with Gasteiger partial charge in [0.05, 0.1) is 17.3 Å². The van der Waals surface area contributed by atoms with E-state index >= 15 is 0 Å². The van der Waals surface area contributed by atoms with Crippen LogP contribution in [-0.4, -0.2) is 24.3 Å². The van der Waals surface area contributed by atoms with E-state index in [9.17, 15) is 13.7 Å². The maximum atomic E-state index is 14.9. The van der Waals surface area contributed by atoms with Gasteiger partial charge >= 0.3 is 5.76 Å². The highest BCUT2D eigenvalue weighted by atomic mass is 32.2. The molecule has 0 bridgehead atoms. The molecule has 0 amide bonds. The quantitative estimate of drug-likeness (QED) is 0.341. The molecule has 0 spiro atoms. The van der Waals surface area contributed by atoms with Crippen LogP contribution < -0.4 is 10.5 Å². The van der Waals surface area contributed by atoms with E-state index in [0.29, 0.717) is 5.13 Å². The highest BCUT2D eigenvalue weighted by molar-refractivity contribution is 7.93. The molecule has 0 radical (unpaired) electrons. The van der Waals surface area contributed by atoms with Gasteiger partial charge in [0.25, 0.3) is 0 Å². The summed E-state index contributed by atoms with van der Waals surface area (Å²) in [5.41, 5.74) is 4.04. The zero-order chi connectivity index (χ0) is 23.1. The standard InChI is InChI=1S/C22H18FN5O3S2/c1-12-16(11-25-26-12)15-5-3-4-14(8-15)13(2)28-18-9-17(23)20(10-19(18)31-22(28)29)33(30)27-21-24-6-7-32-21/h3-11,13H,1-2H3,(H,24,27)(H,25,26)/t13-,33?/m1/s1. The Kier molecular flexibility index (Phi) is 5.52. The Morgan fingerprint density at radius 3 is 2.91 bits per heavy atom. The summed E-state index contributed by atoms with van der Waals surface area (Å²) >= 11 is -0.661. The molecule has 33 heavy (non-hydrogen) atoms. The number of rotatable bonds is 6. The zero-order valence-corrected chi connectivity index (χ0v) is 19.2. The predicted octanol–water partition coefficient (Wildman–Crippen LogP) is 4.63. The Morgan fingerprint density at radius 1 is 1.33 bits per heavy atom. The lowest BCUT2D eigenvalue weighted by molar-refractivity contribution is 0.489. The number of aromatic nitrogens is 4. The molecule has 2 atom stereocenters. The first-order valence-corrected chi connectivity index (χ1v) is 12.0. The molecule has 0 saturated carbocycles. The predicted molar refractivity (Wildman–Crippen MR) is 125 cm³/mol. The van der Waals surface area contributed by atoms with Gasteiger partial charge in [-0.3, -0.25) is 9.67 Å². The van der Waals surface area contributed by atoms with Gasteiger partial charge in [-0.2, -0.15) is 9.82 Å². The van der Waals surface area contributed by atoms with Crippen LogP contribution in [0.5, 0.6) is 0 Å². The number of halogens is 1. The topological polar surface area (TPSA) is 112 Å². The minimum Gasteiger partial charge on any atom is -0.588 e. The fraction of sp³-hybridized carbons (Fsp3) is 0.136. The van der Waals surface area contributed by atoms with E-state index in [0.717, 1.165) is 22.4 Å². The van der Waals surface area contributed by atoms with Gasteiger partial charge in [-0.1, -0.05) is 18.2 Å². The van der Waals surface area contributed by atoms with Crippen LogP contribution in [0.15, 0.2) is 68.3 Å². The molecule has 11 heteroatoms. The summed E-state index contributed by atoms with van der Waals surface area (Å²) in [6.45, 7) is 3.75. The average molecular weight is 484 g/mol. The summed E-state index contributed by atoms with van der Waals surface area (Å²) in [6.07, 6.45) is 3.36. The number of H-pyrrole nitrogens is 1. The van der Waals surface area contributed by atoms with Crippen molar-refractivity contribution >= 4 is 38.9 Å². The van der Waals surface area contributed by atoms with E-state index in [-0.39, 0.29) is 16.0 Å². The fourth-order valence-corrected chi connectivity index (χ4v) is 5.28. The third kappa shape index (κ3) is 3.94. The molecule has 0 fully saturated rings. The third-order valence-corrected chi connectivity index (χ3v) is 7.29. The number of benzene rings is 2. The van der Waals surface area contributed by atoms with E-state index in [1.165, 1.54) is 28.0 Å². The molecule has 5 aromatic rings. The molecule has 0 aliphatic carbocycles. The van der Waals surface area contributed by atoms with E-state index < -0.39 is 29.0 Å². The second-order valence-corrected chi connectivity index (χ2v) is 9.46. The van der Waals surface area contributed by atoms with Crippen LogP contribution in [0.2, 0.25) is 0 Å². The largest absolute Gasteiger partial charge is 0.588 e. The van der Waals surface area contributed by atoms with Crippen LogP contribution in [0.3, 0.4) is 0 Å². The van der Waals surface area contributed by atoms with Crippen LogP contribution in [-0.2, 0) is 11.4 Å². The third-order valence-electron chi connectivity index (χ3n) is 5.38. The minimum atomic E-state index is -1.90. The summed E-state index contributed by atoms with van der Waals surface area (Å²) in [7, 11) is 0. The second kappa shape index (κ2) is 8.50. The minimum absolute atomic E-state index is 0.122. The molecule has 2 aromatic carbocycles. The van der Waals surface area contributed by atoms with Crippen molar-refractivity contribution in [1.82, 2.24) is 19.7 Å². The summed E-state index contributed by atoms with van der Waals surface area (Å²) < 4.78 is 37.0. The molecule has 1 unspecified atom stereocenters. The van der Waals surface area contributed by atoms with Crippen LogP contribution in [0.4, 0.5) is 9.52 Å². The van der Waals surface area contributed by atoms with Gasteiger partial charge in [-0.05, 0) is 31.0 Å². The molecule has 0 aliphatic rings. The summed E-state index contributed by atoms with van der Waals surface area (Å²) in [5.74, 6) is -1.34. The van der Waals surface area contributed by atoms with Gasteiger partial charge in [-0.25, -0.2) is 14.2 Å². The number of anilines is 1. The lowest BCUT2D eigenvalue weighted by Gasteiger charge is -2.15. The van der Waals surface area contributed by atoms with Crippen molar-refractivity contribution in [2.45, 2.75) is 24.8 Å². The molecular weight excluding hydrogens is 465 g/mol. The SMILES string of the molecule is Cc1n[nH]cc1-c1cccc([C@@H](C)n2c(=O)oc3cc([S+]([O-])Nc4nccs4)c(F)cc32)c1. The van der Waals surface area contributed by atoms with Gasteiger partial charge in [0.15, 0.2) is 11.4 Å². The first kappa shape index (κ1) is 21.4. The van der Waals surface area contributed by atoms with Crippen LogP contribution in [0.1, 0.15) is 24.2 Å². The normalized spacial score (nSPS) is 13.3. The fourth-order valence-electron chi connectivity index (χ4n) is 3.72. The van der Waals surface area contributed by atoms with Crippen molar-refractivity contribution in [1.29, 1.82) is 0 Å². The molecule has 3 heterocycles. The Hall–Kier alpha value is -3.41. The van der Waals surface area contributed by atoms with E-state index in [4.69, 9.17) is 4.42 Å². The van der Waals surface area contributed by atoms with Crippen LogP contribution in [0, 0.1) is 12.7 Å². The van der Waals surface area contributed by atoms with Gasteiger partial charge in [0, 0.05) is 35.5 Å². The van der Waals surface area contributed by atoms with E-state index in [1.807, 2.05) is 44.3 Å². The van der Waals surface area contributed by atoms with Gasteiger partial charge in [0.2, 0.25) is 10.0 Å². The van der Waals surface area contributed by atoms with Crippen molar-refractivity contribution in [3.63, 3.8) is 0 Å². The molecule has 168 valence electrons. The van der Waals surface area contributed by atoms with Crippen molar-refractivity contribution in [3.05, 3.63) is 81.8 Å². The second-order valence-electron chi connectivity index (χ2n) is 7.38. The lowest BCUT2D eigenvalue weighted by Crippen LogP contribution is -2.19. The Bertz CT molecular complexity index is 1490. The molecule has 5 rings (SSSR count). The maximum Gasteiger partial charge on any atom is 0.420 e. The number of oxazole rings is 1. The molecule has 8 nitrogen and oxygen atoms in total. The van der Waals surface area contributed by atoms with Crippen molar-refractivity contribution < 1.29 is 13.4 Å². The van der Waals surface area contributed by atoms with Crippen molar-refractivity contribution in [2.24, 2.45) is 0 Å². The van der Waals surface area contributed by atoms with E-state index in [1.54, 1.807) is 11.6 Å². The first-order valence-electron chi connectivity index (χ1n) is 9.95. The smallest absolute Gasteiger partial charge is 0.420 e. The lowest BCUT2D eigenvalue weighted by atomic mass is 10.0. The number of nitrogens with zero attached hydrogens (tertiary/aromatic N) is 3. The monoisotopic (exact) mass is 483 g/mol. The summed E-state index contributed by atoms with van der Waals surface area (Å²) in [5, 5.41) is 9.11. The van der Waals surface area contributed by atoms with Crippen LogP contribution in [0.25, 0.3) is 22.2 Å². The number of aryl methyl sites for hydroxylation is 1. The van der Waals surface area contributed by atoms with Gasteiger partial charge in [0.1, 0.15) is 11.4 Å². The average Bonchev–Trinajstić information content (AvgIpc) is 3.53. The first-order chi connectivity index (χ1) is 15.9. The number of hydrogen-bond donors (Lipinski definition) is 2. The number of thiazole rings is 1. The number of nitrogens with one attached hydrogen (secondary N) is 2. The maximum absolute atomic E-state index is 14.9. The van der Waals surface area contributed by atoms with Crippen LogP contribution >= 0.6 is 11.3 Å². The Balaban J connectivity index is 1.52. The molecule has 2 N–H and O–H groups in total. The number of fused-ring (bicyclic) bond motifs is 1. The Morgan fingerprint density at radius 2 is 2.18 bits per heavy atom. The molecule has 0 aliphatic heterocycles. The zero-order valence-electron chi connectivity index (χ0n) is 17.5. The molecule has 3 aromatic heterocycles. The highest BCUT2D eigenvalue weighted by Gasteiger charge is 2.25. The van der Waals surface area contributed by atoms with Gasteiger partial charge in [-0.15, -0.1) is 11.3 Å². The van der Waals surface area contributed by atoms with Crippen molar-refractivity contribution in [2.75, 3.05) is 4.72 Å². The molecule has 0 saturated heterocycles. The summed E-state index contributed by atoms with van der Waals surface area (Å²) in [4.78, 5) is 16.6. The highest BCUT2D eigenvalue weighted by Crippen LogP contribution is 2.30. The number of aromatic amines is 1. The number of hydrogen-bond acceptors (Lipinski definition) is 7. The van der Waals surface area contributed by atoms with E-state index in [2.05, 4.69) is 19.9 Å². The Labute approximate surface area is 194 Å². The van der Waals surface area contributed by atoms with Crippen molar-refractivity contribution in [3.8, 4) is 11.1 Å².